The van der Waals surface area contributed by atoms with Gasteiger partial charge in [0.1, 0.15) is 12.2 Å². The summed E-state index contributed by atoms with van der Waals surface area (Å²) < 4.78 is 12.5. The quantitative estimate of drug-likeness (QED) is 0.494. The van der Waals surface area contributed by atoms with Crippen molar-refractivity contribution in [1.82, 2.24) is 5.32 Å². The monoisotopic (exact) mass is 483 g/mol. The van der Waals surface area contributed by atoms with Gasteiger partial charge in [-0.2, -0.15) is 0 Å². The van der Waals surface area contributed by atoms with Crippen molar-refractivity contribution in [3.8, 4) is 0 Å². The van der Waals surface area contributed by atoms with Crippen molar-refractivity contribution in [1.29, 1.82) is 0 Å². The van der Waals surface area contributed by atoms with Gasteiger partial charge in [0.15, 0.2) is 0 Å². The second-order valence-corrected chi connectivity index (χ2v) is 11.7. The van der Waals surface area contributed by atoms with E-state index in [1.165, 1.54) is 12.8 Å². The van der Waals surface area contributed by atoms with Crippen LogP contribution in [0.5, 0.6) is 0 Å². The minimum absolute atomic E-state index is 0.187. The average molecular weight is 483 g/mol. The van der Waals surface area contributed by atoms with Crippen molar-refractivity contribution in [3.05, 3.63) is 71.8 Å². The van der Waals surface area contributed by atoms with Crippen LogP contribution in [0.25, 0.3) is 0 Å². The maximum Gasteiger partial charge on any atom is 0.338 e. The number of benzene rings is 2. The predicted molar refractivity (Wildman–Crippen MR) is 134 cm³/mol. The lowest BCUT2D eigenvalue weighted by atomic mass is 9.68. The highest BCUT2D eigenvalue weighted by Crippen LogP contribution is 2.55. The first-order chi connectivity index (χ1) is 16.1. The van der Waals surface area contributed by atoms with E-state index in [2.05, 4.69) is 18.6 Å². The van der Waals surface area contributed by atoms with Crippen LogP contribution in [0.3, 0.4) is 0 Å². The van der Waals surface area contributed by atoms with Crippen molar-refractivity contribution in [2.24, 2.45) is 11.8 Å². The highest BCUT2D eigenvalue weighted by atomic mass is 31.1. The number of esters is 2. The molecular formula is C26H31NO4P2. The molecule has 2 bridgehead atoms. The lowest BCUT2D eigenvalue weighted by molar-refractivity contribution is -0.0693. The summed E-state index contributed by atoms with van der Waals surface area (Å²) in [5.41, 5.74) is 1.44. The van der Waals surface area contributed by atoms with E-state index in [0.29, 0.717) is 52.2 Å². The molecule has 0 radical (unpaired) electrons. The van der Waals surface area contributed by atoms with Crippen LogP contribution >= 0.6 is 17.2 Å². The second kappa shape index (κ2) is 9.82. The summed E-state index contributed by atoms with van der Waals surface area (Å²) >= 11 is 0. The highest BCUT2D eigenvalue weighted by molar-refractivity contribution is 7.38. The molecule has 0 amide bonds. The van der Waals surface area contributed by atoms with Gasteiger partial charge in [-0.05, 0) is 62.3 Å². The van der Waals surface area contributed by atoms with Gasteiger partial charge in [0.2, 0.25) is 0 Å². The van der Waals surface area contributed by atoms with E-state index < -0.39 is 12.2 Å². The molecule has 5 rings (SSSR count). The molecule has 10 atom stereocenters. The van der Waals surface area contributed by atoms with Gasteiger partial charge in [0.25, 0.3) is 0 Å². The zero-order valence-electron chi connectivity index (χ0n) is 18.9. The zero-order chi connectivity index (χ0) is 22.9. The molecule has 3 aliphatic rings. The normalized spacial score (nSPS) is 35.2. The van der Waals surface area contributed by atoms with Crippen LogP contribution in [-0.2, 0) is 9.47 Å². The average Bonchev–Trinajstić information content (AvgIpc) is 3.48. The number of carbonyl (C=O) groups is 2. The Kier molecular flexibility index (Phi) is 6.84. The van der Waals surface area contributed by atoms with Gasteiger partial charge in [-0.1, -0.05) is 36.4 Å². The van der Waals surface area contributed by atoms with Crippen LogP contribution in [0.1, 0.15) is 33.6 Å². The molecule has 0 spiro atoms. The third-order valence-corrected chi connectivity index (χ3v) is 10.4. The molecule has 5 nitrogen and oxygen atoms in total. The Labute approximate surface area is 199 Å². The summed E-state index contributed by atoms with van der Waals surface area (Å²) in [6.07, 6.45) is 1.49. The van der Waals surface area contributed by atoms with Crippen LogP contribution in [-0.4, -0.2) is 60.9 Å². The van der Waals surface area contributed by atoms with Crippen LogP contribution in [0, 0.1) is 11.8 Å². The smallest absolute Gasteiger partial charge is 0.338 e. The van der Waals surface area contributed by atoms with Gasteiger partial charge in [0, 0.05) is 23.4 Å². The fraction of sp³-hybridized carbons (Fsp3) is 0.462. The van der Waals surface area contributed by atoms with Gasteiger partial charge < -0.3 is 14.8 Å². The van der Waals surface area contributed by atoms with E-state index in [-0.39, 0.29) is 23.3 Å². The fourth-order valence-corrected chi connectivity index (χ4v) is 9.15. The molecule has 1 aliphatic carbocycles. The topological polar surface area (TPSA) is 64.6 Å². The number of hydrogen-bond acceptors (Lipinski definition) is 5. The van der Waals surface area contributed by atoms with Gasteiger partial charge in [0.05, 0.1) is 11.1 Å². The summed E-state index contributed by atoms with van der Waals surface area (Å²) in [7, 11) is 1.20. The molecule has 7 heteroatoms. The molecule has 0 aromatic heterocycles. The van der Waals surface area contributed by atoms with E-state index in [0.717, 1.165) is 0 Å². The lowest BCUT2D eigenvalue weighted by Gasteiger charge is -2.51. The number of carbonyl (C=O) groups excluding carboxylic acids is 2. The molecule has 2 saturated heterocycles. The molecular weight excluding hydrogens is 452 g/mol. The molecule has 33 heavy (non-hydrogen) atoms. The van der Waals surface area contributed by atoms with Crippen LogP contribution < -0.4 is 5.32 Å². The minimum Gasteiger partial charge on any atom is -0.454 e. The first kappa shape index (κ1) is 23.0. The summed E-state index contributed by atoms with van der Waals surface area (Å²) in [5.74, 6) is 0.254. The predicted octanol–water partition coefficient (Wildman–Crippen LogP) is 4.17. The standard InChI is InChI=1S/C26H31NO4P2/c1-32-23-19-17-13-14-18(27-17)20(19)24(33-2)22(31-26(29)16-11-7-4-8-12-16)21(23)30-25(28)15-9-5-3-6-10-15/h3-12,17-24,27,32-33H,13-14H2,1-2H3. The SMILES string of the molecule is CPC1C(OC(=O)c2ccccc2)C(OC(=O)c2ccccc2)C(PC)C2C3CCC(N3)C12. The Morgan fingerprint density at radius 1 is 0.727 bits per heavy atom. The van der Waals surface area contributed by atoms with E-state index in [9.17, 15) is 9.59 Å². The number of hydrogen-bond donors (Lipinski definition) is 1. The van der Waals surface area contributed by atoms with Gasteiger partial charge in [-0.25, -0.2) is 9.59 Å². The number of rotatable bonds is 6. The van der Waals surface area contributed by atoms with Crippen molar-refractivity contribution < 1.29 is 19.1 Å². The van der Waals surface area contributed by atoms with Crippen LogP contribution in [0.2, 0.25) is 0 Å². The Balaban J connectivity index is 1.49. The summed E-state index contributed by atoms with van der Waals surface area (Å²) in [5, 5.41) is 3.84. The molecule has 2 aliphatic heterocycles. The van der Waals surface area contributed by atoms with E-state index in [1.807, 2.05) is 36.4 Å². The lowest BCUT2D eigenvalue weighted by Crippen LogP contribution is -2.60. The third-order valence-electron chi connectivity index (χ3n) is 7.62. The highest BCUT2D eigenvalue weighted by Gasteiger charge is 2.61. The largest absolute Gasteiger partial charge is 0.454 e. The summed E-state index contributed by atoms with van der Waals surface area (Å²) in [6, 6.07) is 19.2. The van der Waals surface area contributed by atoms with Crippen molar-refractivity contribution in [2.75, 3.05) is 13.3 Å². The summed E-state index contributed by atoms with van der Waals surface area (Å²) in [4.78, 5) is 26.3. The van der Waals surface area contributed by atoms with E-state index in [1.54, 1.807) is 24.3 Å². The Hall–Kier alpha value is -1.80. The first-order valence-corrected chi connectivity index (χ1v) is 14.9. The maximum absolute atomic E-state index is 13.1. The van der Waals surface area contributed by atoms with Crippen molar-refractivity contribution in [2.45, 2.75) is 48.5 Å². The fourth-order valence-electron chi connectivity index (χ4n) is 6.30. The van der Waals surface area contributed by atoms with Crippen molar-refractivity contribution >= 4 is 29.1 Å². The first-order valence-electron chi connectivity index (χ1n) is 11.7. The number of nitrogens with one attached hydrogen (secondary N) is 1. The summed E-state index contributed by atoms with van der Waals surface area (Å²) in [6.45, 7) is 4.39. The molecule has 2 aromatic carbocycles. The number of fused-ring (bicyclic) bond motifs is 5. The van der Waals surface area contributed by atoms with Crippen molar-refractivity contribution in [3.63, 3.8) is 0 Å². The maximum atomic E-state index is 13.1. The Bertz CT molecular complexity index is 909. The zero-order valence-corrected chi connectivity index (χ0v) is 20.9. The molecule has 1 N–H and O–H groups in total. The van der Waals surface area contributed by atoms with Gasteiger partial charge in [-0.3, -0.25) is 0 Å². The molecule has 3 fully saturated rings. The van der Waals surface area contributed by atoms with Crippen LogP contribution in [0.15, 0.2) is 60.7 Å². The van der Waals surface area contributed by atoms with E-state index >= 15 is 0 Å². The Morgan fingerprint density at radius 3 is 1.48 bits per heavy atom. The van der Waals surface area contributed by atoms with Gasteiger partial charge in [-0.15, -0.1) is 17.2 Å². The molecule has 2 aromatic rings. The molecule has 10 unspecified atom stereocenters. The molecule has 174 valence electrons. The van der Waals surface area contributed by atoms with Crippen LogP contribution in [0.4, 0.5) is 0 Å². The molecule has 2 heterocycles. The third kappa shape index (κ3) is 4.25. The minimum atomic E-state index is -0.437. The van der Waals surface area contributed by atoms with E-state index in [4.69, 9.17) is 9.47 Å². The number of ether oxygens (including phenoxy) is 2. The molecule has 1 saturated carbocycles. The Morgan fingerprint density at radius 2 is 1.12 bits per heavy atom. The second-order valence-electron chi connectivity index (χ2n) is 9.21. The van der Waals surface area contributed by atoms with Gasteiger partial charge >= 0.3 is 11.9 Å².